The lowest BCUT2D eigenvalue weighted by Gasteiger charge is -2.17. The molecule has 112 valence electrons. The second-order valence-corrected chi connectivity index (χ2v) is 6.46. The lowest BCUT2D eigenvalue weighted by Crippen LogP contribution is -2.39. The summed E-state index contributed by atoms with van der Waals surface area (Å²) < 4.78 is 0. The van der Waals surface area contributed by atoms with Gasteiger partial charge in [0, 0.05) is 26.1 Å². The fourth-order valence-electron chi connectivity index (χ4n) is 1.42. The van der Waals surface area contributed by atoms with Gasteiger partial charge in [-0.2, -0.15) is 0 Å². The predicted octanol–water partition coefficient (Wildman–Crippen LogP) is 0.901. The Bertz CT molecular complexity index is 283. The van der Waals surface area contributed by atoms with Crippen molar-refractivity contribution in [1.29, 1.82) is 0 Å². The van der Waals surface area contributed by atoms with Gasteiger partial charge < -0.3 is 16.0 Å². The molecular weight excluding hydrogens is 242 g/mol. The number of rotatable bonds is 8. The average Bonchev–Trinajstić information content (AvgIpc) is 2.23. The number of amides is 2. The minimum Gasteiger partial charge on any atom is -0.355 e. The van der Waals surface area contributed by atoms with Crippen molar-refractivity contribution in [3.8, 4) is 0 Å². The lowest BCUT2D eigenvalue weighted by molar-refractivity contribution is -0.122. The van der Waals surface area contributed by atoms with E-state index in [0.717, 1.165) is 0 Å². The van der Waals surface area contributed by atoms with Gasteiger partial charge >= 0.3 is 0 Å². The Morgan fingerprint density at radius 3 is 2.16 bits per heavy atom. The summed E-state index contributed by atoms with van der Waals surface area (Å²) in [4.78, 5) is 22.9. The van der Waals surface area contributed by atoms with E-state index in [1.54, 1.807) is 0 Å². The molecule has 0 aliphatic carbocycles. The van der Waals surface area contributed by atoms with Crippen LogP contribution in [0.15, 0.2) is 0 Å². The summed E-state index contributed by atoms with van der Waals surface area (Å²) in [7, 11) is 0. The van der Waals surface area contributed by atoms with Crippen molar-refractivity contribution in [3.63, 3.8) is 0 Å². The Balaban J connectivity index is 3.50. The largest absolute Gasteiger partial charge is 0.355 e. The van der Waals surface area contributed by atoms with Crippen molar-refractivity contribution < 1.29 is 9.59 Å². The third-order valence-electron chi connectivity index (χ3n) is 2.31. The summed E-state index contributed by atoms with van der Waals surface area (Å²) in [6.07, 6.45) is 0.516. The SMILES string of the molecule is CC(C)CNC(=O)CNCCNC(=O)CC(C)(C)C. The third kappa shape index (κ3) is 13.1. The summed E-state index contributed by atoms with van der Waals surface area (Å²) in [5.74, 6) is 0.508. The van der Waals surface area contributed by atoms with Crippen molar-refractivity contribution in [2.24, 2.45) is 11.3 Å². The van der Waals surface area contributed by atoms with Crippen LogP contribution in [-0.4, -0.2) is 38.0 Å². The fraction of sp³-hybridized carbons (Fsp3) is 0.857. The second kappa shape index (κ2) is 8.91. The molecule has 0 fully saturated rings. The molecule has 0 heterocycles. The van der Waals surface area contributed by atoms with Gasteiger partial charge in [-0.25, -0.2) is 0 Å². The van der Waals surface area contributed by atoms with Crippen molar-refractivity contribution in [2.75, 3.05) is 26.2 Å². The maximum absolute atomic E-state index is 11.5. The highest BCUT2D eigenvalue weighted by molar-refractivity contribution is 5.78. The first-order valence-electron chi connectivity index (χ1n) is 6.95. The molecule has 2 amide bonds. The zero-order chi connectivity index (χ0) is 14.9. The topological polar surface area (TPSA) is 70.2 Å². The molecule has 0 rings (SSSR count). The van der Waals surface area contributed by atoms with Gasteiger partial charge in [-0.3, -0.25) is 9.59 Å². The number of hydrogen-bond acceptors (Lipinski definition) is 3. The molecule has 3 N–H and O–H groups in total. The Morgan fingerprint density at radius 2 is 1.63 bits per heavy atom. The molecule has 0 saturated carbocycles. The molecule has 0 bridgehead atoms. The molecule has 0 spiro atoms. The molecule has 0 aromatic carbocycles. The van der Waals surface area contributed by atoms with Gasteiger partial charge in [0.05, 0.1) is 6.54 Å². The Labute approximate surface area is 116 Å². The molecule has 0 aliphatic rings. The summed E-state index contributed by atoms with van der Waals surface area (Å²) in [6, 6.07) is 0. The zero-order valence-corrected chi connectivity index (χ0v) is 12.9. The normalized spacial score (nSPS) is 11.5. The third-order valence-corrected chi connectivity index (χ3v) is 2.31. The fourth-order valence-corrected chi connectivity index (χ4v) is 1.42. The minimum absolute atomic E-state index is 0.00489. The highest BCUT2D eigenvalue weighted by Crippen LogP contribution is 2.17. The molecule has 0 aromatic rings. The average molecular weight is 271 g/mol. The van der Waals surface area contributed by atoms with E-state index in [9.17, 15) is 9.59 Å². The van der Waals surface area contributed by atoms with E-state index < -0.39 is 0 Å². The van der Waals surface area contributed by atoms with E-state index in [1.807, 2.05) is 20.8 Å². The maximum atomic E-state index is 11.5. The summed E-state index contributed by atoms with van der Waals surface area (Å²) in [6.45, 7) is 12.3. The molecule has 0 aliphatic heterocycles. The summed E-state index contributed by atoms with van der Waals surface area (Å²) >= 11 is 0. The van der Waals surface area contributed by atoms with Gasteiger partial charge in [-0.1, -0.05) is 34.6 Å². The van der Waals surface area contributed by atoms with Crippen molar-refractivity contribution in [1.82, 2.24) is 16.0 Å². The van der Waals surface area contributed by atoms with Gasteiger partial charge in [-0.15, -0.1) is 0 Å². The van der Waals surface area contributed by atoms with Crippen LogP contribution >= 0.6 is 0 Å². The monoisotopic (exact) mass is 271 g/mol. The first-order valence-corrected chi connectivity index (χ1v) is 6.95. The molecule has 5 nitrogen and oxygen atoms in total. The van der Waals surface area contributed by atoms with Crippen LogP contribution in [0.2, 0.25) is 0 Å². The molecule has 0 radical (unpaired) electrons. The Kier molecular flexibility index (Phi) is 8.39. The zero-order valence-electron chi connectivity index (χ0n) is 12.9. The van der Waals surface area contributed by atoms with Crippen LogP contribution in [-0.2, 0) is 9.59 Å². The smallest absolute Gasteiger partial charge is 0.233 e. The highest BCUT2D eigenvalue weighted by Gasteiger charge is 2.15. The molecule has 0 aromatic heterocycles. The number of carbonyl (C=O) groups excluding carboxylic acids is 2. The van der Waals surface area contributed by atoms with E-state index >= 15 is 0 Å². The predicted molar refractivity (Wildman–Crippen MR) is 77.8 cm³/mol. The number of carbonyl (C=O) groups is 2. The Hall–Kier alpha value is -1.10. The standard InChI is InChI=1S/C14H29N3O2/c1-11(2)9-17-13(19)10-15-6-7-16-12(18)8-14(3,4)5/h11,15H,6-10H2,1-5H3,(H,16,18)(H,17,19). The van der Waals surface area contributed by atoms with E-state index in [-0.39, 0.29) is 17.2 Å². The van der Waals surface area contributed by atoms with Crippen molar-refractivity contribution in [2.45, 2.75) is 41.0 Å². The second-order valence-electron chi connectivity index (χ2n) is 6.46. The van der Waals surface area contributed by atoms with Gasteiger partial charge in [0.2, 0.25) is 11.8 Å². The molecule has 5 heteroatoms. The van der Waals surface area contributed by atoms with Crippen LogP contribution in [0.3, 0.4) is 0 Å². The van der Waals surface area contributed by atoms with Gasteiger partial charge in [0.25, 0.3) is 0 Å². The van der Waals surface area contributed by atoms with Crippen LogP contribution in [0.1, 0.15) is 41.0 Å². The van der Waals surface area contributed by atoms with Crippen molar-refractivity contribution in [3.05, 3.63) is 0 Å². The van der Waals surface area contributed by atoms with Crippen LogP contribution in [0, 0.1) is 11.3 Å². The van der Waals surface area contributed by atoms with Crippen LogP contribution < -0.4 is 16.0 Å². The molecule has 0 atom stereocenters. The van der Waals surface area contributed by atoms with Gasteiger partial charge in [0.15, 0.2) is 0 Å². The maximum Gasteiger partial charge on any atom is 0.233 e. The van der Waals surface area contributed by atoms with E-state index in [1.165, 1.54) is 0 Å². The highest BCUT2D eigenvalue weighted by atomic mass is 16.2. The summed E-state index contributed by atoms with van der Waals surface area (Å²) in [5.41, 5.74) is 0.00818. The molecule has 0 unspecified atom stereocenters. The molecule has 0 saturated heterocycles. The minimum atomic E-state index is -0.00489. The van der Waals surface area contributed by atoms with E-state index in [0.29, 0.717) is 38.5 Å². The lowest BCUT2D eigenvalue weighted by atomic mass is 9.92. The Morgan fingerprint density at radius 1 is 1.00 bits per heavy atom. The summed E-state index contributed by atoms with van der Waals surface area (Å²) in [5, 5.41) is 8.65. The van der Waals surface area contributed by atoms with Crippen molar-refractivity contribution >= 4 is 11.8 Å². The van der Waals surface area contributed by atoms with Crippen LogP contribution in [0.4, 0.5) is 0 Å². The first kappa shape index (κ1) is 17.9. The number of nitrogens with one attached hydrogen (secondary N) is 3. The number of hydrogen-bond donors (Lipinski definition) is 3. The first-order chi connectivity index (χ1) is 8.70. The van der Waals surface area contributed by atoms with Gasteiger partial charge in [0.1, 0.15) is 0 Å². The van der Waals surface area contributed by atoms with E-state index in [2.05, 4.69) is 29.8 Å². The van der Waals surface area contributed by atoms with Crippen LogP contribution in [0.5, 0.6) is 0 Å². The quantitative estimate of drug-likeness (QED) is 0.575. The van der Waals surface area contributed by atoms with Gasteiger partial charge in [-0.05, 0) is 11.3 Å². The molecular formula is C14H29N3O2. The van der Waals surface area contributed by atoms with Crippen LogP contribution in [0.25, 0.3) is 0 Å². The molecule has 19 heavy (non-hydrogen) atoms. The van der Waals surface area contributed by atoms with E-state index in [4.69, 9.17) is 0 Å².